The summed E-state index contributed by atoms with van der Waals surface area (Å²) in [6.07, 6.45) is 21.3. The van der Waals surface area contributed by atoms with E-state index in [0.29, 0.717) is 10.8 Å². The molecule has 8 aliphatic rings. The second kappa shape index (κ2) is 6.14. The van der Waals surface area contributed by atoms with Gasteiger partial charge in [0.2, 0.25) is 0 Å². The number of hydrogen-bond acceptors (Lipinski definition) is 0. The Hall–Kier alpha value is -1.30. The second-order valence-corrected chi connectivity index (χ2v) is 12.7. The molecule has 0 aromatic heterocycles. The van der Waals surface area contributed by atoms with Crippen LogP contribution in [0.25, 0.3) is 12.2 Å². The number of hydrogen-bond donors (Lipinski definition) is 0. The molecule has 0 nitrogen and oxygen atoms in total. The lowest BCUT2D eigenvalue weighted by Crippen LogP contribution is -2.63. The molecule has 0 radical (unpaired) electrons. The van der Waals surface area contributed by atoms with Crippen LogP contribution in [0.2, 0.25) is 0 Å². The maximum Gasteiger partial charge on any atom is -0.00651 e. The lowest BCUT2D eigenvalue weighted by Gasteiger charge is -2.73. The van der Waals surface area contributed by atoms with Crippen LogP contribution in [0.3, 0.4) is 0 Å². The smallest absolute Gasteiger partial charge is 0.00651 e. The van der Waals surface area contributed by atoms with E-state index in [1.54, 1.807) is 63.4 Å². The van der Waals surface area contributed by atoms with E-state index >= 15 is 0 Å². The van der Waals surface area contributed by atoms with Gasteiger partial charge in [0, 0.05) is 0 Å². The van der Waals surface area contributed by atoms with Crippen molar-refractivity contribution < 1.29 is 0 Å². The van der Waals surface area contributed by atoms with E-state index in [9.17, 15) is 0 Å². The van der Waals surface area contributed by atoms with Crippen molar-refractivity contribution in [1.82, 2.24) is 0 Å². The zero-order chi connectivity index (χ0) is 20.1. The topological polar surface area (TPSA) is 0 Å². The van der Waals surface area contributed by atoms with Gasteiger partial charge in [-0.05, 0) is 140 Å². The molecule has 158 valence electrons. The summed E-state index contributed by atoms with van der Waals surface area (Å²) >= 11 is 0. The fourth-order valence-electron chi connectivity index (χ4n) is 11.4. The lowest BCUT2D eigenvalue weighted by atomic mass is 9.32. The van der Waals surface area contributed by atoms with E-state index in [1.807, 2.05) is 0 Å². The molecule has 0 amide bonds. The lowest BCUT2D eigenvalue weighted by molar-refractivity contribution is -0.211. The SMILES string of the molecule is C=Cc1cccc(C2C3CC4CC(C3)CC2(C23CC5CC(CC(C5)C2)C3)C4)c1C=C. The standard InChI is InChI=1S/C30H38/c1-3-24-6-5-7-27(26(24)4-2)28-25-12-22-11-23(13-25)18-30(28,17-22)29-14-19-8-20(15-29)10-21(9-19)16-29/h3-7,19-23,25,28H,1-2,8-18H2. The van der Waals surface area contributed by atoms with Crippen LogP contribution >= 0.6 is 0 Å². The molecule has 1 aromatic carbocycles. The fourth-order valence-corrected chi connectivity index (χ4v) is 11.4. The van der Waals surface area contributed by atoms with Crippen LogP contribution in [0, 0.1) is 46.3 Å². The van der Waals surface area contributed by atoms with Crippen LogP contribution in [0.15, 0.2) is 31.4 Å². The molecule has 0 spiro atoms. The Labute approximate surface area is 183 Å². The highest BCUT2D eigenvalue weighted by atomic mass is 14.7. The van der Waals surface area contributed by atoms with Gasteiger partial charge in [0.25, 0.3) is 0 Å². The molecule has 3 atom stereocenters. The van der Waals surface area contributed by atoms with Gasteiger partial charge in [-0.2, -0.15) is 0 Å². The Morgan fingerprint density at radius 3 is 1.80 bits per heavy atom. The van der Waals surface area contributed by atoms with Gasteiger partial charge < -0.3 is 0 Å². The predicted molar refractivity (Wildman–Crippen MR) is 126 cm³/mol. The van der Waals surface area contributed by atoms with Crippen molar-refractivity contribution in [2.75, 3.05) is 0 Å². The summed E-state index contributed by atoms with van der Waals surface area (Å²) < 4.78 is 0. The molecule has 8 aliphatic carbocycles. The first kappa shape index (κ1) is 18.3. The van der Waals surface area contributed by atoms with Crippen molar-refractivity contribution >= 4 is 12.2 Å². The first-order valence-corrected chi connectivity index (χ1v) is 13.0. The van der Waals surface area contributed by atoms with Gasteiger partial charge in [-0.3, -0.25) is 0 Å². The average Bonchev–Trinajstić information content (AvgIpc) is 2.71. The van der Waals surface area contributed by atoms with Gasteiger partial charge >= 0.3 is 0 Å². The summed E-state index contributed by atoms with van der Waals surface area (Å²) in [4.78, 5) is 0. The Morgan fingerprint density at radius 1 is 0.700 bits per heavy atom. The third kappa shape index (κ3) is 2.24. The van der Waals surface area contributed by atoms with Crippen molar-refractivity contribution in [3.05, 3.63) is 48.0 Å². The van der Waals surface area contributed by atoms with Crippen LogP contribution in [0.1, 0.15) is 93.2 Å². The predicted octanol–water partition coefficient (Wildman–Crippen LogP) is 8.10. The first-order valence-electron chi connectivity index (χ1n) is 13.0. The van der Waals surface area contributed by atoms with Crippen molar-refractivity contribution in [2.24, 2.45) is 46.3 Å². The number of rotatable bonds is 4. The normalized spacial score (nSPS) is 50.1. The van der Waals surface area contributed by atoms with Gasteiger partial charge in [0.05, 0.1) is 0 Å². The van der Waals surface area contributed by atoms with E-state index in [0.717, 1.165) is 41.4 Å². The van der Waals surface area contributed by atoms with Crippen LogP contribution < -0.4 is 0 Å². The second-order valence-electron chi connectivity index (χ2n) is 12.7. The van der Waals surface area contributed by atoms with Crippen LogP contribution in [0.5, 0.6) is 0 Å². The molecule has 8 fully saturated rings. The Morgan fingerprint density at radius 2 is 1.27 bits per heavy atom. The summed E-state index contributed by atoms with van der Waals surface area (Å²) in [5, 5.41) is 0. The van der Waals surface area contributed by atoms with E-state index in [1.165, 1.54) is 24.0 Å². The zero-order valence-electron chi connectivity index (χ0n) is 18.6. The molecule has 30 heavy (non-hydrogen) atoms. The van der Waals surface area contributed by atoms with Crippen molar-refractivity contribution in [3.8, 4) is 0 Å². The largest absolute Gasteiger partial charge is 0.0984 e. The summed E-state index contributed by atoms with van der Waals surface area (Å²) in [6, 6.07) is 7.07. The van der Waals surface area contributed by atoms with Gasteiger partial charge in [-0.15, -0.1) is 0 Å². The maximum atomic E-state index is 4.28. The third-order valence-electron chi connectivity index (χ3n) is 11.3. The van der Waals surface area contributed by atoms with Crippen molar-refractivity contribution in [3.63, 3.8) is 0 Å². The molecule has 0 saturated heterocycles. The molecule has 1 aromatic rings. The highest BCUT2D eigenvalue weighted by Gasteiger charge is 2.68. The Balaban J connectivity index is 1.42. The molecule has 0 N–H and O–H groups in total. The van der Waals surface area contributed by atoms with Gasteiger partial charge in [-0.1, -0.05) is 43.5 Å². The molecular weight excluding hydrogens is 360 g/mol. The highest BCUT2D eigenvalue weighted by Crippen LogP contribution is 2.78. The molecule has 8 bridgehead atoms. The summed E-state index contributed by atoms with van der Waals surface area (Å²) in [5.74, 6) is 6.93. The average molecular weight is 399 g/mol. The quantitative estimate of drug-likeness (QED) is 0.480. The fraction of sp³-hybridized carbons (Fsp3) is 0.667. The highest BCUT2D eigenvalue weighted by molar-refractivity contribution is 5.67. The number of benzene rings is 1. The molecule has 8 saturated carbocycles. The molecule has 9 rings (SSSR count). The summed E-state index contributed by atoms with van der Waals surface area (Å²) in [6.45, 7) is 8.42. The minimum atomic E-state index is 0.579. The van der Waals surface area contributed by atoms with Crippen molar-refractivity contribution in [1.29, 1.82) is 0 Å². The third-order valence-corrected chi connectivity index (χ3v) is 11.3. The minimum Gasteiger partial charge on any atom is -0.0984 e. The van der Waals surface area contributed by atoms with Gasteiger partial charge in [-0.25, -0.2) is 0 Å². The van der Waals surface area contributed by atoms with Crippen LogP contribution in [-0.4, -0.2) is 0 Å². The summed E-state index contributed by atoms with van der Waals surface area (Å²) in [5.41, 5.74) is 5.60. The van der Waals surface area contributed by atoms with Crippen molar-refractivity contribution in [2.45, 2.75) is 76.5 Å². The first-order chi connectivity index (χ1) is 14.6. The monoisotopic (exact) mass is 398 g/mol. The van der Waals surface area contributed by atoms with Crippen LogP contribution in [-0.2, 0) is 0 Å². The van der Waals surface area contributed by atoms with E-state index < -0.39 is 0 Å². The van der Waals surface area contributed by atoms with E-state index in [-0.39, 0.29) is 0 Å². The Bertz CT molecular complexity index is 853. The van der Waals surface area contributed by atoms with Gasteiger partial charge in [0.15, 0.2) is 0 Å². The van der Waals surface area contributed by atoms with Crippen LogP contribution in [0.4, 0.5) is 0 Å². The molecule has 0 heteroatoms. The zero-order valence-corrected chi connectivity index (χ0v) is 18.6. The molecular formula is C30H38. The van der Waals surface area contributed by atoms with E-state index in [4.69, 9.17) is 0 Å². The van der Waals surface area contributed by atoms with Gasteiger partial charge in [0.1, 0.15) is 0 Å². The maximum absolute atomic E-state index is 4.28. The molecule has 0 aliphatic heterocycles. The molecule has 0 heterocycles. The minimum absolute atomic E-state index is 0.579. The molecule has 3 unspecified atom stereocenters. The summed E-state index contributed by atoms with van der Waals surface area (Å²) in [7, 11) is 0. The Kier molecular flexibility index (Phi) is 3.74. The van der Waals surface area contributed by atoms with E-state index in [2.05, 4.69) is 43.5 Å².